The highest BCUT2D eigenvalue weighted by Crippen LogP contribution is 2.29. The van der Waals surface area contributed by atoms with Gasteiger partial charge in [0.15, 0.2) is 0 Å². The maximum atomic E-state index is 12.2. The standard InChI is InChI=1S/C18H24N4O2/c1-12-5-3-7-15(13(12)2)20-16(23)8-9-17-21-18(22-24-17)14-6-4-10-19-11-14/h4,6,10-13,15H,3,5,7-9H2,1-2H3,(H,20,23)/t12-,13-,15-/m1/s1. The molecule has 6 nitrogen and oxygen atoms in total. The Labute approximate surface area is 142 Å². The third-order valence-electron chi connectivity index (χ3n) is 5.01. The Morgan fingerprint density at radius 2 is 2.25 bits per heavy atom. The van der Waals surface area contributed by atoms with Crippen molar-refractivity contribution in [2.75, 3.05) is 0 Å². The highest BCUT2D eigenvalue weighted by Gasteiger charge is 2.28. The fourth-order valence-corrected chi connectivity index (χ4v) is 3.25. The molecular formula is C18H24N4O2. The lowest BCUT2D eigenvalue weighted by Crippen LogP contribution is -2.43. The van der Waals surface area contributed by atoms with Crippen molar-refractivity contribution < 1.29 is 9.32 Å². The summed E-state index contributed by atoms with van der Waals surface area (Å²) in [5.74, 6) is 2.25. The highest BCUT2D eigenvalue weighted by molar-refractivity contribution is 5.76. The van der Waals surface area contributed by atoms with Gasteiger partial charge in [0.25, 0.3) is 0 Å². The lowest BCUT2D eigenvalue weighted by Gasteiger charge is -2.34. The van der Waals surface area contributed by atoms with Crippen LogP contribution < -0.4 is 5.32 Å². The monoisotopic (exact) mass is 328 g/mol. The molecule has 1 amide bonds. The topological polar surface area (TPSA) is 80.9 Å². The third kappa shape index (κ3) is 3.99. The van der Waals surface area contributed by atoms with E-state index in [2.05, 4.69) is 34.3 Å². The molecule has 1 fully saturated rings. The molecule has 0 radical (unpaired) electrons. The summed E-state index contributed by atoms with van der Waals surface area (Å²) >= 11 is 0. The summed E-state index contributed by atoms with van der Waals surface area (Å²) in [6.07, 6.45) is 7.72. The van der Waals surface area contributed by atoms with Crippen LogP contribution in [0.4, 0.5) is 0 Å². The molecule has 1 aliphatic rings. The molecule has 1 N–H and O–H groups in total. The quantitative estimate of drug-likeness (QED) is 0.912. The number of aryl methyl sites for hydroxylation is 1. The SMILES string of the molecule is C[C@@H]1[C@H](C)CCC[C@H]1NC(=O)CCc1nc(-c2cccnc2)no1. The zero-order valence-corrected chi connectivity index (χ0v) is 14.2. The number of hydrogen-bond donors (Lipinski definition) is 1. The van der Waals surface area contributed by atoms with Gasteiger partial charge in [-0.1, -0.05) is 31.8 Å². The Balaban J connectivity index is 1.51. The van der Waals surface area contributed by atoms with E-state index in [0.29, 0.717) is 36.4 Å². The number of nitrogens with zero attached hydrogens (tertiary/aromatic N) is 3. The fourth-order valence-electron chi connectivity index (χ4n) is 3.25. The number of amides is 1. The zero-order chi connectivity index (χ0) is 16.9. The smallest absolute Gasteiger partial charge is 0.227 e. The number of rotatable bonds is 5. The van der Waals surface area contributed by atoms with Gasteiger partial charge >= 0.3 is 0 Å². The Bertz CT molecular complexity index is 671. The van der Waals surface area contributed by atoms with E-state index in [0.717, 1.165) is 12.0 Å². The number of carbonyl (C=O) groups is 1. The summed E-state index contributed by atoms with van der Waals surface area (Å²) in [5.41, 5.74) is 0.807. The van der Waals surface area contributed by atoms with Gasteiger partial charge in [-0.15, -0.1) is 0 Å². The molecule has 0 aliphatic heterocycles. The van der Waals surface area contributed by atoms with Gasteiger partial charge in [-0.2, -0.15) is 4.98 Å². The maximum Gasteiger partial charge on any atom is 0.227 e. The molecule has 1 aliphatic carbocycles. The summed E-state index contributed by atoms with van der Waals surface area (Å²) in [4.78, 5) is 20.6. The van der Waals surface area contributed by atoms with E-state index >= 15 is 0 Å². The molecule has 0 aromatic carbocycles. The van der Waals surface area contributed by atoms with E-state index in [1.54, 1.807) is 12.4 Å². The van der Waals surface area contributed by atoms with E-state index in [9.17, 15) is 4.79 Å². The molecule has 3 atom stereocenters. The lowest BCUT2D eigenvalue weighted by molar-refractivity contribution is -0.122. The molecule has 0 bridgehead atoms. The van der Waals surface area contributed by atoms with Gasteiger partial charge < -0.3 is 9.84 Å². The number of carbonyl (C=O) groups excluding carboxylic acids is 1. The van der Waals surface area contributed by atoms with Gasteiger partial charge in [0.2, 0.25) is 17.6 Å². The Morgan fingerprint density at radius 3 is 3.04 bits per heavy atom. The molecule has 128 valence electrons. The van der Waals surface area contributed by atoms with Crippen LogP contribution in [0, 0.1) is 11.8 Å². The molecule has 2 aromatic heterocycles. The van der Waals surface area contributed by atoms with Crippen LogP contribution in [0.3, 0.4) is 0 Å². The first-order chi connectivity index (χ1) is 11.6. The molecule has 1 saturated carbocycles. The molecule has 0 saturated heterocycles. The minimum absolute atomic E-state index is 0.0575. The number of aromatic nitrogens is 3. The van der Waals surface area contributed by atoms with E-state index < -0.39 is 0 Å². The van der Waals surface area contributed by atoms with Gasteiger partial charge in [-0.25, -0.2) is 0 Å². The van der Waals surface area contributed by atoms with E-state index in [1.165, 1.54) is 12.8 Å². The Kier molecular flexibility index (Phi) is 5.23. The first-order valence-electron chi connectivity index (χ1n) is 8.66. The molecule has 0 unspecified atom stereocenters. The predicted octanol–water partition coefficient (Wildman–Crippen LogP) is 3.01. The van der Waals surface area contributed by atoms with Crippen LogP contribution in [0.15, 0.2) is 29.0 Å². The van der Waals surface area contributed by atoms with Crippen LogP contribution in [-0.2, 0) is 11.2 Å². The largest absolute Gasteiger partial charge is 0.353 e. The van der Waals surface area contributed by atoms with Crippen LogP contribution in [0.2, 0.25) is 0 Å². The van der Waals surface area contributed by atoms with Crippen molar-refractivity contribution >= 4 is 5.91 Å². The third-order valence-corrected chi connectivity index (χ3v) is 5.01. The first-order valence-corrected chi connectivity index (χ1v) is 8.66. The average molecular weight is 328 g/mol. The van der Waals surface area contributed by atoms with Gasteiger partial charge in [-0.3, -0.25) is 9.78 Å². The van der Waals surface area contributed by atoms with Crippen molar-refractivity contribution in [1.82, 2.24) is 20.4 Å². The number of hydrogen-bond acceptors (Lipinski definition) is 5. The molecule has 3 rings (SSSR count). The van der Waals surface area contributed by atoms with Gasteiger partial charge in [0.05, 0.1) is 0 Å². The van der Waals surface area contributed by atoms with Crippen molar-refractivity contribution in [3.8, 4) is 11.4 Å². The van der Waals surface area contributed by atoms with Crippen molar-refractivity contribution in [1.29, 1.82) is 0 Å². The van der Waals surface area contributed by atoms with Crippen LogP contribution in [0.5, 0.6) is 0 Å². The van der Waals surface area contributed by atoms with Crippen molar-refractivity contribution in [3.05, 3.63) is 30.4 Å². The van der Waals surface area contributed by atoms with Gasteiger partial charge in [-0.05, 0) is 30.4 Å². The second kappa shape index (κ2) is 7.55. The summed E-state index contributed by atoms with van der Waals surface area (Å²) < 4.78 is 5.23. The molecule has 2 aromatic rings. The Morgan fingerprint density at radius 1 is 1.38 bits per heavy atom. The maximum absolute atomic E-state index is 12.2. The van der Waals surface area contributed by atoms with Gasteiger partial charge in [0, 0.05) is 36.8 Å². The summed E-state index contributed by atoms with van der Waals surface area (Å²) in [5, 5.41) is 7.11. The number of nitrogens with one attached hydrogen (secondary N) is 1. The minimum Gasteiger partial charge on any atom is -0.353 e. The zero-order valence-electron chi connectivity index (χ0n) is 14.2. The Hall–Kier alpha value is -2.24. The highest BCUT2D eigenvalue weighted by atomic mass is 16.5. The fraction of sp³-hybridized carbons (Fsp3) is 0.556. The van der Waals surface area contributed by atoms with Crippen LogP contribution in [0.1, 0.15) is 45.4 Å². The summed E-state index contributed by atoms with van der Waals surface area (Å²) in [7, 11) is 0. The van der Waals surface area contributed by atoms with Crippen LogP contribution in [0.25, 0.3) is 11.4 Å². The molecule has 0 spiro atoms. The van der Waals surface area contributed by atoms with Crippen molar-refractivity contribution in [2.45, 2.75) is 52.0 Å². The lowest BCUT2D eigenvalue weighted by atomic mass is 9.78. The molecular weight excluding hydrogens is 304 g/mol. The number of pyridine rings is 1. The van der Waals surface area contributed by atoms with Crippen LogP contribution in [-0.4, -0.2) is 27.1 Å². The van der Waals surface area contributed by atoms with Crippen LogP contribution >= 0.6 is 0 Å². The van der Waals surface area contributed by atoms with Gasteiger partial charge in [0.1, 0.15) is 0 Å². The van der Waals surface area contributed by atoms with Crippen molar-refractivity contribution in [2.24, 2.45) is 11.8 Å². The molecule has 24 heavy (non-hydrogen) atoms. The van der Waals surface area contributed by atoms with E-state index in [1.807, 2.05) is 12.1 Å². The van der Waals surface area contributed by atoms with E-state index in [4.69, 9.17) is 4.52 Å². The second-order valence-electron chi connectivity index (χ2n) is 6.69. The minimum atomic E-state index is 0.0575. The molecule has 2 heterocycles. The molecule has 6 heteroatoms. The predicted molar refractivity (Wildman–Crippen MR) is 90.0 cm³/mol. The second-order valence-corrected chi connectivity index (χ2v) is 6.69. The summed E-state index contributed by atoms with van der Waals surface area (Å²) in [6, 6.07) is 3.99. The summed E-state index contributed by atoms with van der Waals surface area (Å²) in [6.45, 7) is 4.49. The average Bonchev–Trinajstić information content (AvgIpc) is 3.07. The van der Waals surface area contributed by atoms with Crippen molar-refractivity contribution in [3.63, 3.8) is 0 Å². The normalized spacial score (nSPS) is 23.8. The van der Waals surface area contributed by atoms with E-state index in [-0.39, 0.29) is 11.9 Å². The first kappa shape index (κ1) is 16.6.